The number of nitrogens with zero attached hydrogens (tertiary/aromatic N) is 1. The fraction of sp³-hybridized carbons (Fsp3) is 0.682. The summed E-state index contributed by atoms with van der Waals surface area (Å²) in [6.45, 7) is 5.25. The number of fused-ring (bicyclic) bond motifs is 2. The maximum atomic E-state index is 13.4. The lowest BCUT2D eigenvalue weighted by Gasteiger charge is -2.44. The van der Waals surface area contributed by atoms with E-state index in [0.717, 1.165) is 32.2 Å². The van der Waals surface area contributed by atoms with Gasteiger partial charge < -0.3 is 10.6 Å². The SMILES string of the molecule is Cc1ccc(C2CCCN2C(=O)C2CC3CCCC(C2)C3N)cc1C. The summed E-state index contributed by atoms with van der Waals surface area (Å²) >= 11 is 0. The van der Waals surface area contributed by atoms with Gasteiger partial charge in [-0.15, -0.1) is 0 Å². The molecule has 2 saturated carbocycles. The molecular formula is C22H32N2O. The number of carbonyl (C=O) groups is 1. The average Bonchev–Trinajstić information content (AvgIpc) is 3.06. The molecule has 136 valence electrons. The minimum absolute atomic E-state index is 0.210. The van der Waals surface area contributed by atoms with E-state index >= 15 is 0 Å². The summed E-state index contributed by atoms with van der Waals surface area (Å²) in [6, 6.07) is 7.34. The third-order valence-electron chi connectivity index (χ3n) is 7.21. The molecule has 0 spiro atoms. The third kappa shape index (κ3) is 3.12. The van der Waals surface area contributed by atoms with E-state index in [1.807, 2.05) is 0 Å². The number of nitrogens with two attached hydrogens (primary N) is 1. The lowest BCUT2D eigenvalue weighted by molar-refractivity contribution is -0.139. The Morgan fingerprint density at radius 2 is 1.76 bits per heavy atom. The van der Waals surface area contributed by atoms with Crippen LogP contribution in [0.4, 0.5) is 0 Å². The summed E-state index contributed by atoms with van der Waals surface area (Å²) in [7, 11) is 0. The van der Waals surface area contributed by atoms with Crippen LogP contribution in [0.2, 0.25) is 0 Å². The molecule has 2 aliphatic carbocycles. The van der Waals surface area contributed by atoms with E-state index in [1.165, 1.54) is 36.0 Å². The van der Waals surface area contributed by atoms with Crippen LogP contribution in [-0.2, 0) is 4.79 Å². The van der Waals surface area contributed by atoms with Gasteiger partial charge >= 0.3 is 0 Å². The van der Waals surface area contributed by atoms with E-state index in [0.29, 0.717) is 23.8 Å². The molecule has 2 N–H and O–H groups in total. The first kappa shape index (κ1) is 17.1. The zero-order valence-electron chi connectivity index (χ0n) is 15.7. The second kappa shape index (κ2) is 6.75. The van der Waals surface area contributed by atoms with E-state index in [9.17, 15) is 4.79 Å². The Morgan fingerprint density at radius 1 is 1.04 bits per heavy atom. The molecule has 25 heavy (non-hydrogen) atoms. The van der Waals surface area contributed by atoms with Gasteiger partial charge in [0.2, 0.25) is 5.91 Å². The highest BCUT2D eigenvalue weighted by molar-refractivity contribution is 5.80. The Balaban J connectivity index is 1.52. The lowest BCUT2D eigenvalue weighted by atomic mass is 9.65. The van der Waals surface area contributed by atoms with Crippen molar-refractivity contribution in [2.45, 2.75) is 70.9 Å². The number of likely N-dealkylation sites (tertiary alicyclic amines) is 1. The molecule has 3 atom stereocenters. The van der Waals surface area contributed by atoms with Gasteiger partial charge in [-0.1, -0.05) is 24.6 Å². The molecule has 1 aromatic carbocycles. The van der Waals surface area contributed by atoms with E-state index < -0.39 is 0 Å². The molecule has 4 rings (SSSR count). The quantitative estimate of drug-likeness (QED) is 0.880. The predicted octanol–water partition coefficient (Wildman–Crippen LogP) is 4.12. The van der Waals surface area contributed by atoms with Gasteiger partial charge in [0.15, 0.2) is 0 Å². The van der Waals surface area contributed by atoms with Crippen LogP contribution in [0.15, 0.2) is 18.2 Å². The normalized spacial score (nSPS) is 35.0. The van der Waals surface area contributed by atoms with Crippen LogP contribution in [0.3, 0.4) is 0 Å². The zero-order valence-corrected chi connectivity index (χ0v) is 15.7. The number of carbonyl (C=O) groups excluding carboxylic acids is 1. The first-order valence-corrected chi connectivity index (χ1v) is 10.2. The number of benzene rings is 1. The summed E-state index contributed by atoms with van der Waals surface area (Å²) in [5.41, 5.74) is 10.4. The summed E-state index contributed by atoms with van der Waals surface area (Å²) in [5, 5.41) is 0. The molecule has 1 heterocycles. The minimum Gasteiger partial charge on any atom is -0.335 e. The van der Waals surface area contributed by atoms with E-state index in [1.54, 1.807) is 0 Å². The van der Waals surface area contributed by atoms with E-state index in [2.05, 4.69) is 36.9 Å². The standard InChI is InChI=1S/C22H32N2O/c1-14-8-9-16(11-15(14)2)20-7-4-10-24(20)22(25)19-12-17-5-3-6-18(13-19)21(17)23/h8-9,11,17-21H,3-7,10,12-13,23H2,1-2H3. The number of aryl methyl sites for hydroxylation is 2. The summed E-state index contributed by atoms with van der Waals surface area (Å²) in [4.78, 5) is 15.6. The first-order chi connectivity index (χ1) is 12.0. The Kier molecular flexibility index (Phi) is 4.61. The van der Waals surface area contributed by atoms with Crippen LogP contribution in [0.1, 0.15) is 67.7 Å². The van der Waals surface area contributed by atoms with Crippen LogP contribution < -0.4 is 5.73 Å². The molecule has 2 bridgehead atoms. The van der Waals surface area contributed by atoms with Crippen molar-refractivity contribution in [2.75, 3.05) is 6.54 Å². The van der Waals surface area contributed by atoms with Gasteiger partial charge in [0.1, 0.15) is 0 Å². The highest BCUT2D eigenvalue weighted by atomic mass is 16.2. The molecule has 3 fully saturated rings. The van der Waals surface area contributed by atoms with Gasteiger partial charge in [-0.3, -0.25) is 4.79 Å². The molecule has 0 radical (unpaired) electrons. The second-order valence-electron chi connectivity index (χ2n) is 8.73. The van der Waals surface area contributed by atoms with Crippen molar-refractivity contribution in [3.63, 3.8) is 0 Å². The largest absolute Gasteiger partial charge is 0.335 e. The Bertz CT molecular complexity index is 641. The molecule has 3 unspecified atom stereocenters. The minimum atomic E-state index is 0.210. The van der Waals surface area contributed by atoms with Crippen molar-refractivity contribution in [2.24, 2.45) is 23.5 Å². The van der Waals surface area contributed by atoms with Crippen molar-refractivity contribution in [3.05, 3.63) is 34.9 Å². The zero-order chi connectivity index (χ0) is 17.6. The molecule has 1 saturated heterocycles. The summed E-state index contributed by atoms with van der Waals surface area (Å²) in [5.74, 6) is 1.76. The van der Waals surface area contributed by atoms with Crippen LogP contribution in [0.5, 0.6) is 0 Å². The Hall–Kier alpha value is -1.35. The maximum Gasteiger partial charge on any atom is 0.226 e. The van der Waals surface area contributed by atoms with Crippen LogP contribution in [0, 0.1) is 31.6 Å². The van der Waals surface area contributed by atoms with Crippen LogP contribution in [0.25, 0.3) is 0 Å². The smallest absolute Gasteiger partial charge is 0.226 e. The van der Waals surface area contributed by atoms with Crippen molar-refractivity contribution >= 4 is 5.91 Å². The van der Waals surface area contributed by atoms with Crippen molar-refractivity contribution in [3.8, 4) is 0 Å². The number of rotatable bonds is 2. The first-order valence-electron chi connectivity index (χ1n) is 10.2. The summed E-state index contributed by atoms with van der Waals surface area (Å²) < 4.78 is 0. The van der Waals surface area contributed by atoms with Gasteiger partial charge in [-0.25, -0.2) is 0 Å². The van der Waals surface area contributed by atoms with Gasteiger partial charge in [0.05, 0.1) is 6.04 Å². The molecule has 1 aliphatic heterocycles. The monoisotopic (exact) mass is 340 g/mol. The molecular weight excluding hydrogens is 308 g/mol. The van der Waals surface area contributed by atoms with Gasteiger partial charge in [0, 0.05) is 18.5 Å². The summed E-state index contributed by atoms with van der Waals surface area (Å²) in [6.07, 6.45) is 8.03. The molecule has 1 aromatic rings. The van der Waals surface area contributed by atoms with E-state index in [-0.39, 0.29) is 12.0 Å². The molecule has 0 aromatic heterocycles. The highest BCUT2D eigenvalue weighted by Gasteiger charge is 2.43. The fourth-order valence-corrected chi connectivity index (χ4v) is 5.57. The van der Waals surface area contributed by atoms with Gasteiger partial charge in [-0.2, -0.15) is 0 Å². The predicted molar refractivity (Wildman–Crippen MR) is 101 cm³/mol. The Labute approximate surface area is 152 Å². The number of hydrogen-bond donors (Lipinski definition) is 1. The van der Waals surface area contributed by atoms with Crippen molar-refractivity contribution in [1.82, 2.24) is 4.90 Å². The van der Waals surface area contributed by atoms with Crippen LogP contribution in [-0.4, -0.2) is 23.4 Å². The number of hydrogen-bond acceptors (Lipinski definition) is 2. The Morgan fingerprint density at radius 3 is 2.44 bits per heavy atom. The molecule has 3 nitrogen and oxygen atoms in total. The molecule has 1 amide bonds. The third-order valence-corrected chi connectivity index (χ3v) is 7.21. The maximum absolute atomic E-state index is 13.4. The topological polar surface area (TPSA) is 46.3 Å². The highest BCUT2D eigenvalue weighted by Crippen LogP contribution is 2.44. The van der Waals surface area contributed by atoms with Crippen molar-refractivity contribution in [1.29, 1.82) is 0 Å². The van der Waals surface area contributed by atoms with E-state index in [4.69, 9.17) is 5.73 Å². The average molecular weight is 341 g/mol. The lowest BCUT2D eigenvalue weighted by Crippen LogP contribution is -2.49. The number of amides is 1. The fourth-order valence-electron chi connectivity index (χ4n) is 5.57. The van der Waals surface area contributed by atoms with Crippen molar-refractivity contribution < 1.29 is 4.79 Å². The van der Waals surface area contributed by atoms with Crippen LogP contribution >= 0.6 is 0 Å². The molecule has 3 aliphatic rings. The molecule has 3 heteroatoms. The second-order valence-corrected chi connectivity index (χ2v) is 8.73. The van der Waals surface area contributed by atoms with Gasteiger partial charge in [0.25, 0.3) is 0 Å². The van der Waals surface area contributed by atoms with Gasteiger partial charge in [-0.05, 0) is 80.9 Å².